The standard InChI is InChI=1S/C17H24N4O2/c1-5-13-10-15(20-19-13)17(22)18-11-16(21(2)3)12-7-6-8-14(9-12)23-4/h6-10,16H,5,11H2,1-4H3,(H,18,22)(H,19,20). The van der Waals surface area contributed by atoms with Crippen LogP contribution in [0.4, 0.5) is 0 Å². The monoisotopic (exact) mass is 316 g/mol. The van der Waals surface area contributed by atoms with Gasteiger partial charge in [0.05, 0.1) is 13.2 Å². The summed E-state index contributed by atoms with van der Waals surface area (Å²) in [5.74, 6) is 0.635. The van der Waals surface area contributed by atoms with E-state index in [2.05, 4.69) is 20.4 Å². The number of nitrogens with one attached hydrogen (secondary N) is 2. The fourth-order valence-corrected chi connectivity index (χ4v) is 2.39. The van der Waals surface area contributed by atoms with Gasteiger partial charge in [0.1, 0.15) is 11.4 Å². The molecule has 0 saturated carbocycles. The van der Waals surface area contributed by atoms with Crippen molar-refractivity contribution in [1.29, 1.82) is 0 Å². The summed E-state index contributed by atoms with van der Waals surface area (Å²) >= 11 is 0. The zero-order valence-electron chi connectivity index (χ0n) is 14.1. The summed E-state index contributed by atoms with van der Waals surface area (Å²) in [7, 11) is 5.62. The molecular formula is C17H24N4O2. The van der Waals surface area contributed by atoms with E-state index in [0.717, 1.165) is 23.4 Å². The van der Waals surface area contributed by atoms with E-state index in [1.807, 2.05) is 45.3 Å². The third kappa shape index (κ3) is 4.32. The Hall–Kier alpha value is -2.34. The maximum absolute atomic E-state index is 12.2. The molecule has 124 valence electrons. The number of hydrogen-bond acceptors (Lipinski definition) is 4. The molecule has 2 aromatic rings. The normalized spacial score (nSPS) is 12.2. The minimum atomic E-state index is -0.171. The molecule has 1 unspecified atom stereocenters. The SMILES string of the molecule is CCc1cc(C(=O)NCC(c2cccc(OC)c2)N(C)C)n[nH]1. The number of H-pyrrole nitrogens is 1. The highest BCUT2D eigenvalue weighted by molar-refractivity contribution is 5.92. The van der Waals surface area contributed by atoms with Gasteiger partial charge in [0.25, 0.3) is 5.91 Å². The molecule has 6 nitrogen and oxygen atoms in total. The van der Waals surface area contributed by atoms with E-state index in [9.17, 15) is 4.79 Å². The Bertz CT molecular complexity index is 652. The number of amides is 1. The summed E-state index contributed by atoms with van der Waals surface area (Å²) in [4.78, 5) is 14.3. The molecule has 0 bridgehead atoms. The maximum atomic E-state index is 12.2. The van der Waals surface area contributed by atoms with E-state index in [1.165, 1.54) is 0 Å². The van der Waals surface area contributed by atoms with E-state index in [1.54, 1.807) is 13.2 Å². The van der Waals surface area contributed by atoms with Crippen molar-refractivity contribution in [2.75, 3.05) is 27.7 Å². The Balaban J connectivity index is 2.06. The van der Waals surface area contributed by atoms with Crippen LogP contribution in [0, 0.1) is 0 Å². The van der Waals surface area contributed by atoms with Gasteiger partial charge in [0.15, 0.2) is 0 Å². The number of aromatic nitrogens is 2. The number of carbonyl (C=O) groups is 1. The van der Waals surface area contributed by atoms with Gasteiger partial charge in [-0.2, -0.15) is 5.10 Å². The van der Waals surface area contributed by atoms with Crippen LogP contribution in [0.15, 0.2) is 30.3 Å². The number of ether oxygens (including phenoxy) is 1. The maximum Gasteiger partial charge on any atom is 0.271 e. The molecule has 0 saturated heterocycles. The molecular weight excluding hydrogens is 292 g/mol. The van der Waals surface area contributed by atoms with Crippen molar-refractivity contribution in [1.82, 2.24) is 20.4 Å². The first-order valence-corrected chi connectivity index (χ1v) is 7.68. The largest absolute Gasteiger partial charge is 0.497 e. The number of benzene rings is 1. The Morgan fingerprint density at radius 3 is 2.78 bits per heavy atom. The number of carbonyl (C=O) groups excluding carboxylic acids is 1. The van der Waals surface area contributed by atoms with E-state index in [4.69, 9.17) is 4.74 Å². The molecule has 0 aliphatic carbocycles. The van der Waals surface area contributed by atoms with Gasteiger partial charge in [0, 0.05) is 12.2 Å². The van der Waals surface area contributed by atoms with Crippen LogP contribution in [0.3, 0.4) is 0 Å². The van der Waals surface area contributed by atoms with Crippen molar-refractivity contribution in [3.8, 4) is 5.75 Å². The smallest absolute Gasteiger partial charge is 0.271 e. The summed E-state index contributed by atoms with van der Waals surface area (Å²) in [5.41, 5.74) is 2.46. The summed E-state index contributed by atoms with van der Waals surface area (Å²) < 4.78 is 5.27. The van der Waals surface area contributed by atoms with Crippen LogP contribution in [0.1, 0.15) is 34.7 Å². The van der Waals surface area contributed by atoms with Gasteiger partial charge in [0.2, 0.25) is 0 Å². The average molecular weight is 316 g/mol. The van der Waals surface area contributed by atoms with Gasteiger partial charge in [-0.25, -0.2) is 0 Å². The topological polar surface area (TPSA) is 70.2 Å². The van der Waals surface area contributed by atoms with Gasteiger partial charge in [-0.05, 0) is 44.3 Å². The molecule has 2 rings (SSSR count). The van der Waals surface area contributed by atoms with E-state index < -0.39 is 0 Å². The number of hydrogen-bond donors (Lipinski definition) is 2. The van der Waals surface area contributed by atoms with Crippen molar-refractivity contribution in [2.45, 2.75) is 19.4 Å². The highest BCUT2D eigenvalue weighted by atomic mass is 16.5. The number of rotatable bonds is 7. The first kappa shape index (κ1) is 17.0. The predicted octanol–water partition coefficient (Wildman–Crippen LogP) is 2.01. The van der Waals surface area contributed by atoms with Gasteiger partial charge in [-0.1, -0.05) is 19.1 Å². The molecule has 23 heavy (non-hydrogen) atoms. The van der Waals surface area contributed by atoms with E-state index in [0.29, 0.717) is 12.2 Å². The molecule has 2 N–H and O–H groups in total. The second-order valence-electron chi connectivity index (χ2n) is 5.60. The number of nitrogens with zero attached hydrogens (tertiary/aromatic N) is 2. The zero-order valence-corrected chi connectivity index (χ0v) is 14.1. The van der Waals surface area contributed by atoms with Crippen LogP contribution in [0.25, 0.3) is 0 Å². The number of aromatic amines is 1. The molecule has 1 heterocycles. The first-order chi connectivity index (χ1) is 11.0. The van der Waals surface area contributed by atoms with Gasteiger partial charge < -0.3 is 15.0 Å². The lowest BCUT2D eigenvalue weighted by atomic mass is 10.1. The van der Waals surface area contributed by atoms with Crippen molar-refractivity contribution >= 4 is 5.91 Å². The summed E-state index contributed by atoms with van der Waals surface area (Å²) in [6.45, 7) is 2.51. The molecule has 0 aliphatic rings. The molecule has 0 fully saturated rings. The molecule has 1 amide bonds. The summed E-state index contributed by atoms with van der Waals surface area (Å²) in [5, 5.41) is 9.84. The second kappa shape index (κ2) is 7.78. The third-order valence-electron chi connectivity index (χ3n) is 3.80. The van der Waals surface area contributed by atoms with Gasteiger partial charge >= 0.3 is 0 Å². The average Bonchev–Trinajstić information content (AvgIpc) is 3.04. The number of methoxy groups -OCH3 is 1. The van der Waals surface area contributed by atoms with Crippen molar-refractivity contribution < 1.29 is 9.53 Å². The number of aryl methyl sites for hydroxylation is 1. The fourth-order valence-electron chi connectivity index (χ4n) is 2.39. The van der Waals surface area contributed by atoms with Crippen molar-refractivity contribution in [3.63, 3.8) is 0 Å². The lowest BCUT2D eigenvalue weighted by molar-refractivity contribution is 0.0937. The van der Waals surface area contributed by atoms with Crippen LogP contribution >= 0.6 is 0 Å². The molecule has 1 atom stereocenters. The van der Waals surface area contributed by atoms with Crippen molar-refractivity contribution in [3.05, 3.63) is 47.3 Å². The van der Waals surface area contributed by atoms with Crippen LogP contribution in [0.2, 0.25) is 0 Å². The molecule has 0 aliphatic heterocycles. The van der Waals surface area contributed by atoms with Crippen LogP contribution in [0.5, 0.6) is 5.75 Å². The summed E-state index contributed by atoms with van der Waals surface area (Å²) in [6.07, 6.45) is 0.824. The molecule has 6 heteroatoms. The minimum absolute atomic E-state index is 0.0543. The second-order valence-corrected chi connectivity index (χ2v) is 5.60. The van der Waals surface area contributed by atoms with E-state index >= 15 is 0 Å². The predicted molar refractivity (Wildman–Crippen MR) is 89.7 cm³/mol. The quantitative estimate of drug-likeness (QED) is 0.820. The van der Waals surface area contributed by atoms with Crippen molar-refractivity contribution in [2.24, 2.45) is 0 Å². The van der Waals surface area contributed by atoms with E-state index in [-0.39, 0.29) is 11.9 Å². The zero-order chi connectivity index (χ0) is 16.8. The van der Waals surface area contributed by atoms with Crippen LogP contribution in [-0.4, -0.2) is 48.8 Å². The lowest BCUT2D eigenvalue weighted by Crippen LogP contribution is -2.34. The Labute approximate surface area is 136 Å². The molecule has 0 spiro atoms. The Kier molecular flexibility index (Phi) is 5.76. The highest BCUT2D eigenvalue weighted by Crippen LogP contribution is 2.22. The first-order valence-electron chi connectivity index (χ1n) is 7.68. The molecule has 1 aromatic heterocycles. The number of likely N-dealkylation sites (N-methyl/N-ethyl adjacent to an activating group) is 1. The lowest BCUT2D eigenvalue weighted by Gasteiger charge is -2.25. The van der Waals surface area contributed by atoms with Gasteiger partial charge in [-0.15, -0.1) is 0 Å². The van der Waals surface area contributed by atoms with Gasteiger partial charge in [-0.3, -0.25) is 9.89 Å². The van der Waals surface area contributed by atoms with Crippen LogP contribution in [-0.2, 0) is 6.42 Å². The summed E-state index contributed by atoms with van der Waals surface area (Å²) in [6, 6.07) is 9.71. The third-order valence-corrected chi connectivity index (χ3v) is 3.80. The fraction of sp³-hybridized carbons (Fsp3) is 0.412. The Morgan fingerprint density at radius 1 is 1.39 bits per heavy atom. The highest BCUT2D eigenvalue weighted by Gasteiger charge is 2.17. The van der Waals surface area contributed by atoms with Crippen LogP contribution < -0.4 is 10.1 Å². The molecule has 0 radical (unpaired) electrons. The molecule has 1 aromatic carbocycles. The minimum Gasteiger partial charge on any atom is -0.497 e. The Morgan fingerprint density at radius 2 is 2.17 bits per heavy atom.